The van der Waals surface area contributed by atoms with E-state index < -0.39 is 35.1 Å². The Kier molecular flexibility index (Phi) is 6.41. The van der Waals surface area contributed by atoms with Crippen molar-refractivity contribution in [2.24, 2.45) is 0 Å². The molecule has 0 bridgehead atoms. The van der Waals surface area contributed by atoms with Gasteiger partial charge in [0.1, 0.15) is 23.9 Å². The Balaban J connectivity index is 1.34. The zero-order valence-corrected chi connectivity index (χ0v) is 21.2. The molecule has 0 amide bonds. The van der Waals surface area contributed by atoms with E-state index in [0.29, 0.717) is 52.8 Å². The molecule has 0 saturated carbocycles. The minimum atomic E-state index is -1.00. The molecule has 0 radical (unpaired) electrons. The van der Waals surface area contributed by atoms with Crippen molar-refractivity contribution in [3.8, 4) is 28.6 Å². The van der Waals surface area contributed by atoms with E-state index in [1.54, 1.807) is 48.0 Å². The van der Waals surface area contributed by atoms with E-state index in [0.717, 1.165) is 0 Å². The molecule has 1 atom stereocenters. The van der Waals surface area contributed by atoms with Crippen LogP contribution in [0.25, 0.3) is 22.3 Å². The molecule has 6 rings (SSSR count). The minimum Gasteiger partial charge on any atom is -0.491 e. The summed E-state index contributed by atoms with van der Waals surface area (Å²) in [5, 5.41) is 13.8. The Morgan fingerprint density at radius 1 is 1.18 bits per heavy atom. The number of fused-ring (bicyclic) bond motifs is 4. The number of rotatable bonds is 7. The fourth-order valence-corrected chi connectivity index (χ4v) is 4.85. The monoisotopic (exact) mass is 548 g/mol. The number of carboxylic acids is 1. The molecule has 0 spiro atoms. The van der Waals surface area contributed by atoms with Crippen LogP contribution in [0.1, 0.15) is 36.2 Å². The van der Waals surface area contributed by atoms with Crippen molar-refractivity contribution in [1.29, 1.82) is 0 Å². The number of benzene rings is 3. The van der Waals surface area contributed by atoms with E-state index in [1.165, 1.54) is 18.3 Å². The van der Waals surface area contributed by atoms with E-state index in [2.05, 4.69) is 10.1 Å². The molecule has 1 aliphatic rings. The SMILES string of the molecule is CC(c1nc2n(n1)CCOc1ccc(Oc3c(F)cc4[nH]ccc4c3F)cc1-2)c1cccc(CCC(=O)O)c1F. The van der Waals surface area contributed by atoms with Crippen LogP contribution in [0.5, 0.6) is 17.2 Å². The van der Waals surface area contributed by atoms with Gasteiger partial charge in [-0.1, -0.05) is 25.1 Å². The molecule has 0 aliphatic carbocycles. The molecule has 8 nitrogen and oxygen atoms in total. The van der Waals surface area contributed by atoms with Crippen molar-refractivity contribution in [2.75, 3.05) is 6.61 Å². The number of H-pyrrole nitrogens is 1. The summed E-state index contributed by atoms with van der Waals surface area (Å²) in [6.45, 7) is 2.44. The highest BCUT2D eigenvalue weighted by molar-refractivity contribution is 5.82. The van der Waals surface area contributed by atoms with Gasteiger partial charge in [0.05, 0.1) is 17.6 Å². The van der Waals surface area contributed by atoms with Crippen molar-refractivity contribution >= 4 is 16.9 Å². The number of aromatic amines is 1. The highest BCUT2D eigenvalue weighted by Gasteiger charge is 2.26. The van der Waals surface area contributed by atoms with Gasteiger partial charge in [0.25, 0.3) is 0 Å². The molecular weight excluding hydrogens is 525 g/mol. The van der Waals surface area contributed by atoms with E-state index in [-0.39, 0.29) is 24.0 Å². The standard InChI is InChI=1S/C29H23F3N4O4/c1-15(18-4-2-3-16(25(18)31)5-8-24(37)38)28-34-29-20-13-17(6-7-23(20)39-12-11-36(29)35-28)40-27-21(30)14-22-19(26(27)32)9-10-33-22/h2-4,6-7,9-10,13-15,33H,5,8,11-12H2,1H3,(H,37,38). The molecule has 3 aromatic carbocycles. The first-order valence-corrected chi connectivity index (χ1v) is 12.6. The van der Waals surface area contributed by atoms with Crippen molar-refractivity contribution in [2.45, 2.75) is 32.2 Å². The molecule has 2 N–H and O–H groups in total. The summed E-state index contributed by atoms with van der Waals surface area (Å²) in [7, 11) is 0. The number of carbonyl (C=O) groups is 1. The zero-order chi connectivity index (χ0) is 28.0. The van der Waals surface area contributed by atoms with Crippen LogP contribution in [0.15, 0.2) is 54.7 Å². The first-order valence-electron chi connectivity index (χ1n) is 12.6. The number of aromatic nitrogens is 4. The Morgan fingerprint density at radius 3 is 2.85 bits per heavy atom. The number of hydrogen-bond acceptors (Lipinski definition) is 5. The van der Waals surface area contributed by atoms with Gasteiger partial charge in [0.15, 0.2) is 29.0 Å². The lowest BCUT2D eigenvalue weighted by Gasteiger charge is -2.13. The first-order chi connectivity index (χ1) is 19.3. The van der Waals surface area contributed by atoms with Gasteiger partial charge >= 0.3 is 5.97 Å². The second kappa shape index (κ2) is 10.1. The largest absolute Gasteiger partial charge is 0.491 e. The summed E-state index contributed by atoms with van der Waals surface area (Å²) in [6.07, 6.45) is 1.40. The molecule has 1 aliphatic heterocycles. The van der Waals surface area contributed by atoms with Crippen LogP contribution >= 0.6 is 0 Å². The van der Waals surface area contributed by atoms with Crippen LogP contribution in [0.3, 0.4) is 0 Å². The molecular formula is C29H23F3N4O4. The maximum Gasteiger partial charge on any atom is 0.303 e. The number of aryl methyl sites for hydroxylation is 1. The molecule has 204 valence electrons. The molecule has 3 heterocycles. The number of carboxylic acid groups (broad SMARTS) is 1. The van der Waals surface area contributed by atoms with Gasteiger partial charge in [0.2, 0.25) is 0 Å². The molecule has 5 aromatic rings. The molecule has 2 aromatic heterocycles. The topological polar surface area (TPSA) is 102 Å². The number of aliphatic carboxylic acids is 1. The molecule has 40 heavy (non-hydrogen) atoms. The predicted molar refractivity (Wildman–Crippen MR) is 139 cm³/mol. The van der Waals surface area contributed by atoms with Gasteiger partial charge in [-0.05, 0) is 41.8 Å². The number of hydrogen-bond donors (Lipinski definition) is 2. The van der Waals surface area contributed by atoms with Crippen LogP contribution in [0, 0.1) is 17.5 Å². The van der Waals surface area contributed by atoms with Gasteiger partial charge in [0, 0.05) is 30.0 Å². The van der Waals surface area contributed by atoms with E-state index >= 15 is 4.39 Å². The summed E-state index contributed by atoms with van der Waals surface area (Å²) in [5.41, 5.74) is 1.48. The van der Waals surface area contributed by atoms with E-state index in [1.807, 2.05) is 0 Å². The van der Waals surface area contributed by atoms with Crippen molar-refractivity contribution in [3.63, 3.8) is 0 Å². The zero-order valence-electron chi connectivity index (χ0n) is 21.2. The van der Waals surface area contributed by atoms with E-state index in [9.17, 15) is 13.6 Å². The third-order valence-electron chi connectivity index (χ3n) is 6.93. The van der Waals surface area contributed by atoms with Crippen LogP contribution in [-0.4, -0.2) is 37.4 Å². The molecule has 0 fully saturated rings. The van der Waals surface area contributed by atoms with Crippen molar-refractivity contribution in [3.05, 3.63) is 89.1 Å². The lowest BCUT2D eigenvalue weighted by atomic mass is 9.96. The second-order valence-corrected chi connectivity index (χ2v) is 9.50. The number of nitrogens with one attached hydrogen (secondary N) is 1. The van der Waals surface area contributed by atoms with Gasteiger partial charge in [-0.3, -0.25) is 4.79 Å². The smallest absolute Gasteiger partial charge is 0.303 e. The van der Waals surface area contributed by atoms with Crippen LogP contribution in [0.4, 0.5) is 13.2 Å². The lowest BCUT2D eigenvalue weighted by molar-refractivity contribution is -0.136. The minimum absolute atomic E-state index is 0.0700. The molecule has 1 unspecified atom stereocenters. The second-order valence-electron chi connectivity index (χ2n) is 9.50. The van der Waals surface area contributed by atoms with E-state index in [4.69, 9.17) is 19.6 Å². The molecule has 11 heteroatoms. The number of nitrogens with zero attached hydrogens (tertiary/aromatic N) is 3. The summed E-state index contributed by atoms with van der Waals surface area (Å²) in [4.78, 5) is 18.4. The van der Waals surface area contributed by atoms with Crippen LogP contribution in [0.2, 0.25) is 0 Å². The third-order valence-corrected chi connectivity index (χ3v) is 6.93. The maximum atomic E-state index is 15.3. The Morgan fingerprint density at radius 2 is 2.02 bits per heavy atom. The Labute approximate surface area is 226 Å². The van der Waals surface area contributed by atoms with Gasteiger partial charge in [-0.25, -0.2) is 22.8 Å². The fraction of sp³-hybridized carbons (Fsp3) is 0.207. The predicted octanol–water partition coefficient (Wildman–Crippen LogP) is 6.20. The third kappa shape index (κ3) is 4.53. The Hall–Kier alpha value is -4.80. The summed E-state index contributed by atoms with van der Waals surface area (Å²) in [6, 6.07) is 12.3. The average Bonchev–Trinajstić information content (AvgIpc) is 3.54. The van der Waals surface area contributed by atoms with Crippen LogP contribution < -0.4 is 9.47 Å². The van der Waals surface area contributed by atoms with Gasteiger partial charge in [-0.2, -0.15) is 5.10 Å². The van der Waals surface area contributed by atoms with Crippen molar-refractivity contribution in [1.82, 2.24) is 19.7 Å². The van der Waals surface area contributed by atoms with Crippen LogP contribution in [-0.2, 0) is 17.8 Å². The first kappa shape index (κ1) is 25.5. The maximum absolute atomic E-state index is 15.3. The summed E-state index contributed by atoms with van der Waals surface area (Å²) < 4.78 is 58.1. The average molecular weight is 549 g/mol. The quantitative estimate of drug-likeness (QED) is 0.251. The fourth-order valence-electron chi connectivity index (χ4n) is 4.85. The van der Waals surface area contributed by atoms with Crippen molar-refractivity contribution < 1.29 is 32.5 Å². The molecule has 0 saturated heterocycles. The number of ether oxygens (including phenoxy) is 2. The Bertz CT molecular complexity index is 1760. The summed E-state index contributed by atoms with van der Waals surface area (Å²) in [5.74, 6) is -2.79. The normalized spacial score (nSPS) is 13.3. The summed E-state index contributed by atoms with van der Waals surface area (Å²) >= 11 is 0. The van der Waals surface area contributed by atoms with Gasteiger partial charge in [-0.15, -0.1) is 0 Å². The highest BCUT2D eigenvalue weighted by Crippen LogP contribution is 2.39. The number of halogens is 3. The lowest BCUT2D eigenvalue weighted by Crippen LogP contribution is -2.09. The van der Waals surface area contributed by atoms with Gasteiger partial charge < -0.3 is 19.6 Å². The highest BCUT2D eigenvalue weighted by atomic mass is 19.1.